The number of methoxy groups -OCH3 is 1. The number of aliphatic carboxylic acids is 1. The Kier molecular flexibility index (Phi) is 4.29. The highest BCUT2D eigenvalue weighted by atomic mass is 79.9. The van der Waals surface area contributed by atoms with Gasteiger partial charge in [-0.05, 0) is 34.0 Å². The standard InChI is InChI=1S/C11H12BrFO3/c1-6(11(14)15)3-7-4-8(12)10(16-2)5-9(7)13/h4-6H,3H2,1-2H3,(H,14,15). The van der Waals surface area contributed by atoms with Crippen LogP contribution in [0.1, 0.15) is 12.5 Å². The molecule has 88 valence electrons. The highest BCUT2D eigenvalue weighted by Gasteiger charge is 2.16. The molecule has 0 aliphatic heterocycles. The molecule has 0 bridgehead atoms. The fraction of sp³-hybridized carbons (Fsp3) is 0.364. The van der Waals surface area contributed by atoms with Gasteiger partial charge in [-0.2, -0.15) is 0 Å². The van der Waals surface area contributed by atoms with Gasteiger partial charge in [0, 0.05) is 6.07 Å². The SMILES string of the molecule is COc1cc(F)c(CC(C)C(=O)O)cc1Br. The van der Waals surface area contributed by atoms with Crippen LogP contribution in [-0.4, -0.2) is 18.2 Å². The summed E-state index contributed by atoms with van der Waals surface area (Å²) in [7, 11) is 1.44. The van der Waals surface area contributed by atoms with Gasteiger partial charge < -0.3 is 9.84 Å². The van der Waals surface area contributed by atoms with Crippen molar-refractivity contribution < 1.29 is 19.0 Å². The molecule has 1 aromatic carbocycles. The highest BCUT2D eigenvalue weighted by molar-refractivity contribution is 9.10. The van der Waals surface area contributed by atoms with E-state index in [1.165, 1.54) is 13.2 Å². The van der Waals surface area contributed by atoms with Gasteiger partial charge in [-0.3, -0.25) is 4.79 Å². The third-order valence-corrected chi connectivity index (χ3v) is 2.89. The smallest absolute Gasteiger partial charge is 0.306 e. The van der Waals surface area contributed by atoms with E-state index in [-0.39, 0.29) is 6.42 Å². The molecule has 16 heavy (non-hydrogen) atoms. The molecule has 0 fully saturated rings. The maximum absolute atomic E-state index is 13.5. The van der Waals surface area contributed by atoms with Crippen molar-refractivity contribution in [1.82, 2.24) is 0 Å². The van der Waals surface area contributed by atoms with E-state index in [2.05, 4.69) is 15.9 Å². The molecule has 0 heterocycles. The van der Waals surface area contributed by atoms with Crippen molar-refractivity contribution in [2.24, 2.45) is 5.92 Å². The van der Waals surface area contributed by atoms with Crippen molar-refractivity contribution in [1.29, 1.82) is 0 Å². The number of benzene rings is 1. The summed E-state index contributed by atoms with van der Waals surface area (Å²) in [6, 6.07) is 2.79. The van der Waals surface area contributed by atoms with Crippen molar-refractivity contribution >= 4 is 21.9 Å². The van der Waals surface area contributed by atoms with Gasteiger partial charge in [0.05, 0.1) is 17.5 Å². The molecule has 3 nitrogen and oxygen atoms in total. The van der Waals surface area contributed by atoms with E-state index in [0.29, 0.717) is 15.8 Å². The minimum atomic E-state index is -0.939. The zero-order valence-corrected chi connectivity index (χ0v) is 10.5. The lowest BCUT2D eigenvalue weighted by Crippen LogP contribution is -2.13. The molecule has 5 heteroatoms. The average Bonchev–Trinajstić information content (AvgIpc) is 2.22. The van der Waals surface area contributed by atoms with Crippen LogP contribution in [0.15, 0.2) is 16.6 Å². The van der Waals surface area contributed by atoms with Crippen molar-refractivity contribution in [3.8, 4) is 5.75 Å². The van der Waals surface area contributed by atoms with Crippen LogP contribution >= 0.6 is 15.9 Å². The van der Waals surface area contributed by atoms with Gasteiger partial charge in [0.25, 0.3) is 0 Å². The van der Waals surface area contributed by atoms with Crippen LogP contribution in [0.2, 0.25) is 0 Å². The Morgan fingerprint density at radius 1 is 1.62 bits per heavy atom. The molecule has 1 aromatic rings. The van der Waals surface area contributed by atoms with Gasteiger partial charge in [0.15, 0.2) is 0 Å². The first-order valence-corrected chi connectivity index (χ1v) is 5.49. The Morgan fingerprint density at radius 3 is 2.75 bits per heavy atom. The summed E-state index contributed by atoms with van der Waals surface area (Å²) in [5, 5.41) is 8.75. The minimum Gasteiger partial charge on any atom is -0.495 e. The van der Waals surface area contributed by atoms with E-state index in [4.69, 9.17) is 9.84 Å². The lowest BCUT2D eigenvalue weighted by molar-refractivity contribution is -0.141. The molecule has 0 radical (unpaired) electrons. The van der Waals surface area contributed by atoms with Crippen molar-refractivity contribution in [3.05, 3.63) is 28.0 Å². The summed E-state index contributed by atoms with van der Waals surface area (Å²) in [5.41, 5.74) is 0.363. The number of hydrogen-bond acceptors (Lipinski definition) is 2. The number of carboxylic acids is 1. The molecule has 0 saturated carbocycles. The fourth-order valence-electron chi connectivity index (χ4n) is 1.30. The maximum Gasteiger partial charge on any atom is 0.306 e. The van der Waals surface area contributed by atoms with Crippen LogP contribution in [0, 0.1) is 11.7 Å². The Balaban J connectivity index is 2.98. The number of carbonyl (C=O) groups is 1. The Bertz CT molecular complexity index is 406. The van der Waals surface area contributed by atoms with Gasteiger partial charge in [0.2, 0.25) is 0 Å². The van der Waals surface area contributed by atoms with Crippen LogP contribution in [-0.2, 0) is 11.2 Å². The van der Waals surface area contributed by atoms with Crippen LogP contribution in [0.4, 0.5) is 4.39 Å². The number of halogens is 2. The van der Waals surface area contributed by atoms with Crippen LogP contribution in [0.3, 0.4) is 0 Å². The van der Waals surface area contributed by atoms with E-state index in [1.807, 2.05) is 0 Å². The molecular formula is C11H12BrFO3. The van der Waals surface area contributed by atoms with E-state index >= 15 is 0 Å². The molecule has 0 saturated heterocycles. The Morgan fingerprint density at radius 2 is 2.25 bits per heavy atom. The summed E-state index contributed by atoms with van der Waals surface area (Å²) >= 11 is 3.23. The maximum atomic E-state index is 13.5. The summed E-state index contributed by atoms with van der Waals surface area (Å²) in [6.07, 6.45) is 0.157. The Labute approximate surface area is 101 Å². The minimum absolute atomic E-state index is 0.157. The van der Waals surface area contributed by atoms with Gasteiger partial charge in [0.1, 0.15) is 11.6 Å². The van der Waals surface area contributed by atoms with Gasteiger partial charge in [-0.1, -0.05) is 6.92 Å². The first-order valence-electron chi connectivity index (χ1n) is 4.70. The second kappa shape index (κ2) is 5.30. The van der Waals surface area contributed by atoms with Gasteiger partial charge >= 0.3 is 5.97 Å². The van der Waals surface area contributed by atoms with Gasteiger partial charge in [-0.15, -0.1) is 0 Å². The normalized spacial score (nSPS) is 12.2. The molecule has 0 aliphatic rings. The van der Waals surface area contributed by atoms with Crippen molar-refractivity contribution in [3.63, 3.8) is 0 Å². The number of ether oxygens (including phenoxy) is 1. The summed E-state index contributed by atoms with van der Waals surface area (Å²) < 4.78 is 19.1. The summed E-state index contributed by atoms with van der Waals surface area (Å²) in [5.74, 6) is -1.61. The predicted molar refractivity (Wildman–Crippen MR) is 61.2 cm³/mol. The molecule has 0 amide bonds. The predicted octanol–water partition coefficient (Wildman–Crippen LogP) is 2.86. The van der Waals surface area contributed by atoms with Gasteiger partial charge in [-0.25, -0.2) is 4.39 Å². The lowest BCUT2D eigenvalue weighted by Gasteiger charge is -2.10. The third kappa shape index (κ3) is 2.95. The van der Waals surface area contributed by atoms with E-state index in [1.54, 1.807) is 13.0 Å². The Hall–Kier alpha value is -1.10. The zero-order chi connectivity index (χ0) is 12.3. The molecule has 0 aliphatic carbocycles. The topological polar surface area (TPSA) is 46.5 Å². The number of carboxylic acid groups (broad SMARTS) is 1. The third-order valence-electron chi connectivity index (χ3n) is 2.27. The first kappa shape index (κ1) is 13.0. The molecule has 1 unspecified atom stereocenters. The van der Waals surface area contributed by atoms with Crippen molar-refractivity contribution in [2.75, 3.05) is 7.11 Å². The quantitative estimate of drug-likeness (QED) is 0.927. The monoisotopic (exact) mass is 290 g/mol. The van der Waals surface area contributed by atoms with Crippen LogP contribution in [0.25, 0.3) is 0 Å². The first-order chi connectivity index (χ1) is 7.45. The van der Waals surface area contributed by atoms with E-state index in [0.717, 1.165) is 0 Å². The fourth-order valence-corrected chi connectivity index (χ4v) is 1.85. The summed E-state index contributed by atoms with van der Waals surface area (Å²) in [6.45, 7) is 1.54. The lowest BCUT2D eigenvalue weighted by atomic mass is 10.0. The van der Waals surface area contributed by atoms with E-state index < -0.39 is 17.7 Å². The molecule has 1 N–H and O–H groups in total. The number of rotatable bonds is 4. The van der Waals surface area contributed by atoms with E-state index in [9.17, 15) is 9.18 Å². The van der Waals surface area contributed by atoms with Crippen LogP contribution < -0.4 is 4.74 Å². The average molecular weight is 291 g/mol. The second-order valence-corrected chi connectivity index (χ2v) is 4.38. The zero-order valence-electron chi connectivity index (χ0n) is 8.96. The van der Waals surface area contributed by atoms with Crippen LogP contribution in [0.5, 0.6) is 5.75 Å². The molecule has 1 rings (SSSR count). The largest absolute Gasteiger partial charge is 0.495 e. The van der Waals surface area contributed by atoms with Crippen molar-refractivity contribution in [2.45, 2.75) is 13.3 Å². The number of hydrogen-bond donors (Lipinski definition) is 1. The molecule has 0 spiro atoms. The highest BCUT2D eigenvalue weighted by Crippen LogP contribution is 2.28. The summed E-state index contributed by atoms with van der Waals surface area (Å²) in [4.78, 5) is 10.7. The molecule has 0 aromatic heterocycles. The molecule has 1 atom stereocenters. The second-order valence-electron chi connectivity index (χ2n) is 3.52. The molecular weight excluding hydrogens is 279 g/mol.